The summed E-state index contributed by atoms with van der Waals surface area (Å²) in [5.41, 5.74) is 0. The third kappa shape index (κ3) is 0.894. The van der Waals surface area contributed by atoms with E-state index in [9.17, 15) is 0 Å². The number of aliphatic hydroxyl groups is 1. The van der Waals surface area contributed by atoms with Crippen molar-refractivity contribution in [3.63, 3.8) is 0 Å². The Morgan fingerprint density at radius 2 is 2.50 bits per heavy atom. The lowest BCUT2D eigenvalue weighted by Gasteiger charge is -1.84. The van der Waals surface area contributed by atoms with Gasteiger partial charge in [-0.2, -0.15) is 5.11 Å². The van der Waals surface area contributed by atoms with Crippen molar-refractivity contribution < 1.29 is 5.11 Å². The van der Waals surface area contributed by atoms with E-state index < -0.39 is 0 Å². The van der Waals surface area contributed by atoms with E-state index in [0.29, 0.717) is 5.84 Å². The molecule has 8 heavy (non-hydrogen) atoms. The lowest BCUT2D eigenvalue weighted by atomic mass is 10.6. The molecule has 1 aliphatic heterocycles. The zero-order valence-electron chi connectivity index (χ0n) is 4.57. The van der Waals surface area contributed by atoms with E-state index in [-0.39, 0.29) is 12.8 Å². The number of nitrogens with zero attached hydrogens (tertiary/aromatic N) is 3. The summed E-state index contributed by atoms with van der Waals surface area (Å²) >= 11 is 0. The molecule has 0 fully saturated rings. The van der Waals surface area contributed by atoms with Gasteiger partial charge in [0.1, 0.15) is 6.61 Å². The van der Waals surface area contributed by atoms with Crippen LogP contribution in [0.15, 0.2) is 15.2 Å². The molecule has 0 saturated heterocycles. The van der Waals surface area contributed by atoms with Gasteiger partial charge in [0.2, 0.25) is 0 Å². The Bertz CT molecular complexity index is 140. The third-order valence-corrected chi connectivity index (χ3v) is 0.818. The van der Waals surface area contributed by atoms with Gasteiger partial charge < -0.3 is 5.11 Å². The zero-order valence-corrected chi connectivity index (χ0v) is 4.57. The molecule has 1 unspecified atom stereocenters. The van der Waals surface area contributed by atoms with Crippen LogP contribution < -0.4 is 0 Å². The molecule has 0 aliphatic carbocycles. The van der Waals surface area contributed by atoms with Gasteiger partial charge in [0, 0.05) is 0 Å². The minimum absolute atomic E-state index is 0.0860. The van der Waals surface area contributed by atoms with Crippen LogP contribution in [0.3, 0.4) is 0 Å². The van der Waals surface area contributed by atoms with Gasteiger partial charge in [-0.25, -0.2) is 4.99 Å². The molecule has 0 bridgehead atoms. The fourth-order valence-electron chi connectivity index (χ4n) is 0.490. The maximum atomic E-state index is 8.40. The average molecular weight is 113 g/mol. The predicted octanol–water partition coefficient (Wildman–Crippen LogP) is 0.189. The minimum Gasteiger partial charge on any atom is -0.388 e. The van der Waals surface area contributed by atoms with Gasteiger partial charge >= 0.3 is 0 Å². The average Bonchev–Trinajstić information content (AvgIpc) is 2.14. The Morgan fingerprint density at radius 1 is 1.75 bits per heavy atom. The molecule has 1 N–H and O–H groups in total. The first-order valence-electron chi connectivity index (χ1n) is 2.41. The van der Waals surface area contributed by atoms with Crippen molar-refractivity contribution in [3.05, 3.63) is 0 Å². The van der Waals surface area contributed by atoms with E-state index in [1.165, 1.54) is 0 Å². The summed E-state index contributed by atoms with van der Waals surface area (Å²) in [7, 11) is 0. The van der Waals surface area contributed by atoms with E-state index >= 15 is 0 Å². The Balaban J connectivity index is 2.58. The van der Waals surface area contributed by atoms with Crippen LogP contribution in [0.1, 0.15) is 6.92 Å². The van der Waals surface area contributed by atoms with Gasteiger partial charge in [-0.15, -0.1) is 5.11 Å². The largest absolute Gasteiger partial charge is 0.388 e. The van der Waals surface area contributed by atoms with Crippen molar-refractivity contribution in [2.75, 3.05) is 6.61 Å². The van der Waals surface area contributed by atoms with E-state index in [2.05, 4.69) is 15.2 Å². The molecule has 1 rings (SSSR count). The van der Waals surface area contributed by atoms with Crippen molar-refractivity contribution in [2.45, 2.75) is 13.1 Å². The molecule has 0 aromatic heterocycles. The summed E-state index contributed by atoms with van der Waals surface area (Å²) in [6.07, 6.45) is -0.0860. The minimum atomic E-state index is -0.103. The van der Waals surface area contributed by atoms with Gasteiger partial charge in [-0.05, 0) is 6.92 Å². The molecule has 0 amide bonds. The van der Waals surface area contributed by atoms with Crippen LogP contribution in [0.25, 0.3) is 0 Å². The van der Waals surface area contributed by atoms with Crippen molar-refractivity contribution in [2.24, 2.45) is 15.2 Å². The maximum absolute atomic E-state index is 8.40. The molecule has 4 nitrogen and oxygen atoms in total. The first-order chi connectivity index (χ1) is 3.83. The van der Waals surface area contributed by atoms with Crippen LogP contribution >= 0.6 is 0 Å². The molecule has 0 saturated carbocycles. The number of hydrogen-bond donors (Lipinski definition) is 1. The lowest BCUT2D eigenvalue weighted by molar-refractivity contribution is 0.356. The van der Waals surface area contributed by atoms with Gasteiger partial charge in [0.25, 0.3) is 0 Å². The van der Waals surface area contributed by atoms with E-state index in [1.807, 2.05) is 6.92 Å². The SMILES string of the molecule is CC1N=NC(CO)=N1. The fourth-order valence-corrected chi connectivity index (χ4v) is 0.490. The van der Waals surface area contributed by atoms with Crippen LogP contribution in [0.4, 0.5) is 0 Å². The van der Waals surface area contributed by atoms with Crippen molar-refractivity contribution in [3.8, 4) is 0 Å². The summed E-state index contributed by atoms with van der Waals surface area (Å²) in [5, 5.41) is 15.6. The topological polar surface area (TPSA) is 57.3 Å². The Morgan fingerprint density at radius 3 is 2.75 bits per heavy atom. The van der Waals surface area contributed by atoms with Crippen LogP contribution in [-0.2, 0) is 0 Å². The van der Waals surface area contributed by atoms with Crippen molar-refractivity contribution >= 4 is 5.84 Å². The summed E-state index contributed by atoms with van der Waals surface area (Å²) in [4.78, 5) is 3.84. The van der Waals surface area contributed by atoms with E-state index in [0.717, 1.165) is 0 Å². The summed E-state index contributed by atoms with van der Waals surface area (Å²) in [5.74, 6) is 0.428. The molecule has 0 radical (unpaired) electrons. The van der Waals surface area contributed by atoms with Gasteiger partial charge in [-0.3, -0.25) is 0 Å². The predicted molar refractivity (Wildman–Crippen MR) is 28.8 cm³/mol. The highest BCUT2D eigenvalue weighted by atomic mass is 16.3. The molecular weight excluding hydrogens is 106 g/mol. The maximum Gasteiger partial charge on any atom is 0.173 e. The van der Waals surface area contributed by atoms with Crippen LogP contribution in [0, 0.1) is 0 Å². The van der Waals surface area contributed by atoms with Crippen LogP contribution in [0.5, 0.6) is 0 Å². The van der Waals surface area contributed by atoms with Crippen molar-refractivity contribution in [1.82, 2.24) is 0 Å². The second kappa shape index (κ2) is 2.00. The van der Waals surface area contributed by atoms with Gasteiger partial charge in [0.15, 0.2) is 12.0 Å². The number of amidine groups is 1. The zero-order chi connectivity index (χ0) is 5.98. The molecule has 1 atom stereocenters. The summed E-state index contributed by atoms with van der Waals surface area (Å²) < 4.78 is 0. The molecular formula is C4H7N3O. The lowest BCUT2D eigenvalue weighted by Crippen LogP contribution is -1.97. The molecule has 44 valence electrons. The number of rotatable bonds is 1. The van der Waals surface area contributed by atoms with Crippen LogP contribution in [-0.4, -0.2) is 23.7 Å². The Hall–Kier alpha value is -0.770. The molecule has 0 aromatic carbocycles. The second-order valence-corrected chi connectivity index (χ2v) is 1.55. The van der Waals surface area contributed by atoms with Crippen LogP contribution in [0.2, 0.25) is 0 Å². The fraction of sp³-hybridized carbons (Fsp3) is 0.750. The quantitative estimate of drug-likeness (QED) is 0.518. The second-order valence-electron chi connectivity index (χ2n) is 1.55. The molecule has 0 aromatic rings. The third-order valence-electron chi connectivity index (χ3n) is 0.818. The smallest absolute Gasteiger partial charge is 0.173 e. The first kappa shape index (κ1) is 5.37. The van der Waals surface area contributed by atoms with E-state index in [4.69, 9.17) is 5.11 Å². The van der Waals surface area contributed by atoms with E-state index in [1.54, 1.807) is 0 Å². The number of aliphatic imine (C=N–C) groups is 1. The molecule has 1 aliphatic rings. The highest BCUT2D eigenvalue weighted by Gasteiger charge is 2.05. The number of hydrogen-bond acceptors (Lipinski definition) is 4. The molecule has 4 heteroatoms. The monoisotopic (exact) mass is 113 g/mol. The normalized spacial score (nSPS) is 26.2. The summed E-state index contributed by atoms with van der Waals surface area (Å²) in [6, 6.07) is 0. The Kier molecular flexibility index (Phi) is 1.34. The molecule has 0 spiro atoms. The van der Waals surface area contributed by atoms with Gasteiger partial charge in [0.05, 0.1) is 0 Å². The number of azo groups is 1. The Labute approximate surface area is 47.0 Å². The standard InChI is InChI=1S/C4H7N3O/c1-3-5-4(2-8)7-6-3/h3,8H,2H2,1H3. The number of aliphatic hydroxyl groups excluding tert-OH is 1. The summed E-state index contributed by atoms with van der Waals surface area (Å²) in [6.45, 7) is 1.71. The highest BCUT2D eigenvalue weighted by Crippen LogP contribution is 2.02. The molecule has 1 heterocycles. The highest BCUT2D eigenvalue weighted by molar-refractivity contribution is 5.84. The van der Waals surface area contributed by atoms with Crippen molar-refractivity contribution in [1.29, 1.82) is 0 Å². The van der Waals surface area contributed by atoms with Gasteiger partial charge in [-0.1, -0.05) is 0 Å². The first-order valence-corrected chi connectivity index (χ1v) is 2.41.